The standard InChI is InChI=1S/C23H22N4O2S/c1-3-14-27(22-24-18(16-30-22)17-9-5-4-6-10-17)21(28)13-15-26-20-12-8-7-11-19(20)25(2)23(26)29/h3-12,16H,1,13-15H2,2H3. The maximum Gasteiger partial charge on any atom is 0.328 e. The van der Waals surface area contributed by atoms with E-state index in [1.165, 1.54) is 11.3 Å². The maximum absolute atomic E-state index is 13.0. The van der Waals surface area contributed by atoms with Crippen molar-refractivity contribution >= 4 is 33.4 Å². The first-order chi connectivity index (χ1) is 14.6. The molecule has 1 amide bonds. The van der Waals surface area contributed by atoms with Crippen LogP contribution in [0.1, 0.15) is 6.42 Å². The Morgan fingerprint density at radius 3 is 2.57 bits per heavy atom. The third-order valence-corrected chi connectivity index (χ3v) is 5.87. The molecule has 2 heterocycles. The number of aryl methyl sites for hydroxylation is 2. The second-order valence-electron chi connectivity index (χ2n) is 6.91. The molecule has 152 valence electrons. The summed E-state index contributed by atoms with van der Waals surface area (Å²) in [5, 5.41) is 2.58. The number of nitrogens with zero attached hydrogens (tertiary/aromatic N) is 4. The van der Waals surface area contributed by atoms with Gasteiger partial charge in [-0.25, -0.2) is 9.78 Å². The van der Waals surface area contributed by atoms with Crippen LogP contribution in [-0.4, -0.2) is 26.6 Å². The van der Waals surface area contributed by atoms with E-state index in [0.717, 1.165) is 22.3 Å². The number of imidazole rings is 1. The molecule has 0 unspecified atom stereocenters. The SMILES string of the molecule is C=CCN(C(=O)CCn1c(=O)n(C)c2ccccc21)c1nc(-c2ccccc2)cs1. The monoisotopic (exact) mass is 418 g/mol. The van der Waals surface area contributed by atoms with Crippen LogP contribution in [0.4, 0.5) is 5.13 Å². The molecule has 0 radical (unpaired) electrons. The topological polar surface area (TPSA) is 60.1 Å². The number of amides is 1. The van der Waals surface area contributed by atoms with Gasteiger partial charge in [-0.1, -0.05) is 48.5 Å². The van der Waals surface area contributed by atoms with Crippen molar-refractivity contribution in [2.75, 3.05) is 11.4 Å². The molecule has 0 atom stereocenters. The summed E-state index contributed by atoms with van der Waals surface area (Å²) in [4.78, 5) is 31.9. The maximum atomic E-state index is 13.0. The first kappa shape index (κ1) is 19.8. The van der Waals surface area contributed by atoms with Gasteiger partial charge in [-0.3, -0.25) is 18.8 Å². The van der Waals surface area contributed by atoms with Gasteiger partial charge in [0, 0.05) is 37.5 Å². The molecule has 2 aromatic heterocycles. The summed E-state index contributed by atoms with van der Waals surface area (Å²) >= 11 is 1.43. The summed E-state index contributed by atoms with van der Waals surface area (Å²) in [6.45, 7) is 4.45. The number of hydrogen-bond acceptors (Lipinski definition) is 4. The van der Waals surface area contributed by atoms with Crippen molar-refractivity contribution in [1.29, 1.82) is 0 Å². The highest BCUT2D eigenvalue weighted by atomic mass is 32.1. The molecular weight excluding hydrogens is 396 g/mol. The zero-order valence-corrected chi connectivity index (χ0v) is 17.5. The summed E-state index contributed by atoms with van der Waals surface area (Å²) in [6.07, 6.45) is 1.88. The van der Waals surface area contributed by atoms with E-state index in [2.05, 4.69) is 11.6 Å². The third-order valence-electron chi connectivity index (χ3n) is 5.01. The molecule has 7 heteroatoms. The average Bonchev–Trinajstić information content (AvgIpc) is 3.35. The highest BCUT2D eigenvalue weighted by Crippen LogP contribution is 2.28. The van der Waals surface area contributed by atoms with Crippen LogP contribution in [0.15, 0.2) is 77.4 Å². The van der Waals surface area contributed by atoms with Crippen molar-refractivity contribution in [3.8, 4) is 11.3 Å². The van der Waals surface area contributed by atoms with E-state index >= 15 is 0 Å². The van der Waals surface area contributed by atoms with Crippen LogP contribution in [0.5, 0.6) is 0 Å². The van der Waals surface area contributed by atoms with Gasteiger partial charge in [-0.2, -0.15) is 0 Å². The number of fused-ring (bicyclic) bond motifs is 1. The molecule has 0 aliphatic carbocycles. The second kappa shape index (κ2) is 8.51. The van der Waals surface area contributed by atoms with Crippen molar-refractivity contribution < 1.29 is 4.79 Å². The molecule has 6 nitrogen and oxygen atoms in total. The molecule has 4 aromatic rings. The summed E-state index contributed by atoms with van der Waals surface area (Å²) < 4.78 is 3.25. The number of rotatable bonds is 7. The van der Waals surface area contributed by atoms with Gasteiger partial charge in [0.25, 0.3) is 0 Å². The van der Waals surface area contributed by atoms with Gasteiger partial charge in [0.15, 0.2) is 5.13 Å². The molecule has 2 aromatic carbocycles. The largest absolute Gasteiger partial charge is 0.328 e. The lowest BCUT2D eigenvalue weighted by atomic mass is 10.2. The minimum absolute atomic E-state index is 0.0938. The van der Waals surface area contributed by atoms with Crippen LogP contribution in [0, 0.1) is 0 Å². The van der Waals surface area contributed by atoms with Gasteiger partial charge in [0.05, 0.1) is 16.7 Å². The Bertz CT molecular complexity index is 1250. The number of carbonyl (C=O) groups excluding carboxylic acids is 1. The van der Waals surface area contributed by atoms with Crippen molar-refractivity contribution in [3.05, 3.63) is 83.1 Å². The lowest BCUT2D eigenvalue weighted by molar-refractivity contribution is -0.118. The first-order valence-corrected chi connectivity index (χ1v) is 10.5. The molecule has 0 saturated carbocycles. The first-order valence-electron chi connectivity index (χ1n) is 9.66. The Kier molecular flexibility index (Phi) is 5.63. The van der Waals surface area contributed by atoms with E-state index in [9.17, 15) is 9.59 Å². The summed E-state index contributed by atoms with van der Waals surface area (Å²) in [5.41, 5.74) is 3.40. The molecule has 0 spiro atoms. The zero-order valence-electron chi connectivity index (χ0n) is 16.7. The van der Waals surface area contributed by atoms with Crippen molar-refractivity contribution in [3.63, 3.8) is 0 Å². The Morgan fingerprint density at radius 2 is 1.83 bits per heavy atom. The van der Waals surface area contributed by atoms with Crippen LogP contribution in [0.3, 0.4) is 0 Å². The number of para-hydroxylation sites is 2. The van der Waals surface area contributed by atoms with Crippen molar-refractivity contribution in [2.24, 2.45) is 7.05 Å². The normalized spacial score (nSPS) is 11.0. The van der Waals surface area contributed by atoms with Gasteiger partial charge in [0.2, 0.25) is 5.91 Å². The lowest BCUT2D eigenvalue weighted by Crippen LogP contribution is -2.33. The number of anilines is 1. The second-order valence-corrected chi connectivity index (χ2v) is 7.74. The molecular formula is C23H22N4O2S. The van der Waals surface area contributed by atoms with Crippen LogP contribution in [0.25, 0.3) is 22.3 Å². The predicted molar refractivity (Wildman–Crippen MR) is 122 cm³/mol. The lowest BCUT2D eigenvalue weighted by Gasteiger charge is -2.18. The molecule has 30 heavy (non-hydrogen) atoms. The smallest absolute Gasteiger partial charge is 0.295 e. The van der Waals surface area contributed by atoms with E-state index in [1.54, 1.807) is 27.2 Å². The Labute approximate surface area is 178 Å². The number of thiazole rings is 1. The van der Waals surface area contributed by atoms with Gasteiger partial charge in [-0.05, 0) is 12.1 Å². The minimum Gasteiger partial charge on any atom is -0.295 e. The average molecular weight is 419 g/mol. The number of benzene rings is 2. The fourth-order valence-electron chi connectivity index (χ4n) is 3.47. The fourth-order valence-corrected chi connectivity index (χ4v) is 4.33. The van der Waals surface area contributed by atoms with E-state index in [4.69, 9.17) is 0 Å². The van der Waals surface area contributed by atoms with Crippen molar-refractivity contribution in [1.82, 2.24) is 14.1 Å². The molecule has 0 aliphatic heterocycles. The molecule has 0 N–H and O–H groups in total. The summed E-state index contributed by atoms with van der Waals surface area (Å²) in [5.74, 6) is -0.0938. The predicted octanol–water partition coefficient (Wildman–Crippen LogP) is 4.07. The van der Waals surface area contributed by atoms with Gasteiger partial charge in [-0.15, -0.1) is 17.9 Å². The van der Waals surface area contributed by atoms with E-state index < -0.39 is 0 Å². The Balaban J connectivity index is 1.56. The quantitative estimate of drug-likeness (QED) is 0.425. The molecule has 0 fully saturated rings. The minimum atomic E-state index is -0.125. The van der Waals surface area contributed by atoms with Crippen LogP contribution in [-0.2, 0) is 18.4 Å². The number of aromatic nitrogens is 3. The van der Waals surface area contributed by atoms with Crippen molar-refractivity contribution in [2.45, 2.75) is 13.0 Å². The number of carbonyl (C=O) groups is 1. The fraction of sp³-hybridized carbons (Fsp3) is 0.174. The van der Waals surface area contributed by atoms with E-state index in [0.29, 0.717) is 18.2 Å². The summed E-state index contributed by atoms with van der Waals surface area (Å²) in [7, 11) is 1.74. The Morgan fingerprint density at radius 1 is 1.13 bits per heavy atom. The van der Waals surface area contributed by atoms with Crippen LogP contribution < -0.4 is 10.6 Å². The molecule has 0 bridgehead atoms. The number of hydrogen-bond donors (Lipinski definition) is 0. The van der Waals surface area contributed by atoms with E-state index in [-0.39, 0.29) is 18.0 Å². The molecule has 0 saturated heterocycles. The van der Waals surface area contributed by atoms with Crippen LogP contribution in [0.2, 0.25) is 0 Å². The third kappa shape index (κ3) is 3.71. The van der Waals surface area contributed by atoms with Gasteiger partial charge in [0.1, 0.15) is 0 Å². The molecule has 0 aliphatic rings. The zero-order chi connectivity index (χ0) is 21.1. The van der Waals surface area contributed by atoms with Gasteiger partial charge >= 0.3 is 5.69 Å². The van der Waals surface area contributed by atoms with Gasteiger partial charge < -0.3 is 0 Å². The van der Waals surface area contributed by atoms with Crippen LogP contribution >= 0.6 is 11.3 Å². The highest BCUT2D eigenvalue weighted by molar-refractivity contribution is 7.14. The summed E-state index contributed by atoms with van der Waals surface area (Å²) in [6, 6.07) is 17.5. The Hall–Kier alpha value is -3.45. The van der Waals surface area contributed by atoms with E-state index in [1.807, 2.05) is 60.0 Å². The highest BCUT2D eigenvalue weighted by Gasteiger charge is 2.19. The molecule has 4 rings (SSSR count).